The highest BCUT2D eigenvalue weighted by Gasteiger charge is 2.10. The summed E-state index contributed by atoms with van der Waals surface area (Å²) in [6, 6.07) is 22.5. The number of pyridine rings is 1. The largest absolute Gasteiger partial charge is 0.489 e. The molecule has 0 saturated carbocycles. The number of carbonyl (C=O) groups excluding carboxylic acids is 1. The van der Waals surface area contributed by atoms with Crippen LogP contribution in [0.15, 0.2) is 85.2 Å². The molecule has 0 fully saturated rings. The molecular formula is C22H18N4O2. The first-order chi connectivity index (χ1) is 13.8. The van der Waals surface area contributed by atoms with E-state index in [4.69, 9.17) is 4.74 Å². The van der Waals surface area contributed by atoms with E-state index in [1.807, 2.05) is 42.5 Å². The van der Waals surface area contributed by atoms with E-state index in [2.05, 4.69) is 20.5 Å². The van der Waals surface area contributed by atoms with E-state index in [1.54, 1.807) is 42.7 Å². The van der Waals surface area contributed by atoms with Crippen molar-refractivity contribution in [1.82, 2.24) is 15.2 Å². The van der Waals surface area contributed by atoms with Gasteiger partial charge in [0.15, 0.2) is 5.82 Å². The maximum absolute atomic E-state index is 12.4. The molecule has 28 heavy (non-hydrogen) atoms. The molecule has 2 aromatic heterocycles. The van der Waals surface area contributed by atoms with Crippen LogP contribution in [-0.4, -0.2) is 21.1 Å². The van der Waals surface area contributed by atoms with Gasteiger partial charge in [0.25, 0.3) is 5.91 Å². The van der Waals surface area contributed by atoms with Crippen LogP contribution in [0.5, 0.6) is 5.75 Å². The summed E-state index contributed by atoms with van der Waals surface area (Å²) < 4.78 is 5.74. The standard InChI is InChI=1S/C22H18N4O2/c27-22(24-21-14-20(25-26-21)17-10-12-23-13-11-17)18-6-8-19(9-7-18)28-15-16-4-2-1-3-5-16/h1-14H,15H2,(H2,24,25,26,27). The van der Waals surface area contributed by atoms with Gasteiger partial charge in [-0.05, 0) is 42.0 Å². The fourth-order valence-electron chi connectivity index (χ4n) is 2.70. The van der Waals surface area contributed by atoms with E-state index >= 15 is 0 Å². The van der Waals surface area contributed by atoms with E-state index in [0.717, 1.165) is 16.8 Å². The highest BCUT2D eigenvalue weighted by atomic mass is 16.5. The molecular weight excluding hydrogens is 352 g/mol. The lowest BCUT2D eigenvalue weighted by Gasteiger charge is -2.07. The van der Waals surface area contributed by atoms with Gasteiger partial charge in [-0.1, -0.05) is 30.3 Å². The first kappa shape index (κ1) is 17.5. The van der Waals surface area contributed by atoms with Gasteiger partial charge >= 0.3 is 0 Å². The fraction of sp³-hybridized carbons (Fsp3) is 0.0455. The second kappa shape index (κ2) is 8.18. The molecule has 0 aliphatic rings. The maximum Gasteiger partial charge on any atom is 0.256 e. The van der Waals surface area contributed by atoms with Gasteiger partial charge in [-0.3, -0.25) is 14.9 Å². The molecule has 0 aliphatic heterocycles. The number of benzene rings is 2. The summed E-state index contributed by atoms with van der Waals surface area (Å²) in [6.07, 6.45) is 3.41. The van der Waals surface area contributed by atoms with Crippen molar-refractivity contribution < 1.29 is 9.53 Å². The summed E-state index contributed by atoms with van der Waals surface area (Å²) in [6.45, 7) is 0.484. The van der Waals surface area contributed by atoms with Crippen LogP contribution in [-0.2, 0) is 6.61 Å². The number of nitrogens with zero attached hydrogens (tertiary/aromatic N) is 2. The van der Waals surface area contributed by atoms with Crippen molar-refractivity contribution in [3.05, 3.63) is 96.3 Å². The van der Waals surface area contributed by atoms with Gasteiger partial charge < -0.3 is 10.1 Å². The maximum atomic E-state index is 12.4. The van der Waals surface area contributed by atoms with Crippen LogP contribution in [0.2, 0.25) is 0 Å². The number of H-pyrrole nitrogens is 1. The van der Waals surface area contributed by atoms with E-state index in [-0.39, 0.29) is 5.91 Å². The van der Waals surface area contributed by atoms with Gasteiger partial charge in [-0.2, -0.15) is 5.10 Å². The predicted octanol–water partition coefficient (Wildman–Crippen LogP) is 4.30. The van der Waals surface area contributed by atoms with Crippen LogP contribution in [0.25, 0.3) is 11.3 Å². The molecule has 0 radical (unpaired) electrons. The van der Waals surface area contributed by atoms with Gasteiger partial charge in [-0.15, -0.1) is 0 Å². The molecule has 4 aromatic rings. The van der Waals surface area contributed by atoms with Crippen molar-refractivity contribution in [3.8, 4) is 17.0 Å². The minimum Gasteiger partial charge on any atom is -0.489 e. The van der Waals surface area contributed by atoms with E-state index in [1.165, 1.54) is 0 Å². The fourth-order valence-corrected chi connectivity index (χ4v) is 2.70. The first-order valence-corrected chi connectivity index (χ1v) is 8.82. The smallest absolute Gasteiger partial charge is 0.256 e. The zero-order valence-electron chi connectivity index (χ0n) is 15.0. The Morgan fingerprint density at radius 2 is 1.71 bits per heavy atom. The number of aromatic nitrogens is 3. The van der Waals surface area contributed by atoms with E-state index < -0.39 is 0 Å². The summed E-state index contributed by atoms with van der Waals surface area (Å²) in [4.78, 5) is 16.4. The molecule has 0 unspecified atom stereocenters. The van der Waals surface area contributed by atoms with E-state index in [9.17, 15) is 4.79 Å². The molecule has 6 heteroatoms. The van der Waals surface area contributed by atoms with Crippen molar-refractivity contribution in [2.75, 3.05) is 5.32 Å². The van der Waals surface area contributed by atoms with Gasteiger partial charge in [0.05, 0.1) is 5.69 Å². The number of rotatable bonds is 6. The molecule has 6 nitrogen and oxygen atoms in total. The number of aromatic amines is 1. The summed E-state index contributed by atoms with van der Waals surface area (Å²) >= 11 is 0. The topological polar surface area (TPSA) is 79.9 Å². The van der Waals surface area contributed by atoms with Crippen molar-refractivity contribution in [3.63, 3.8) is 0 Å². The molecule has 138 valence electrons. The summed E-state index contributed by atoms with van der Waals surface area (Å²) in [5.41, 5.74) is 3.37. The van der Waals surface area contributed by atoms with Gasteiger partial charge in [0.2, 0.25) is 0 Å². The van der Waals surface area contributed by atoms with Crippen LogP contribution in [0.4, 0.5) is 5.82 Å². The van der Waals surface area contributed by atoms with Crippen molar-refractivity contribution in [1.29, 1.82) is 0 Å². The predicted molar refractivity (Wildman–Crippen MR) is 107 cm³/mol. The normalized spacial score (nSPS) is 10.4. The molecule has 0 atom stereocenters. The third kappa shape index (κ3) is 4.24. The zero-order valence-corrected chi connectivity index (χ0v) is 15.0. The Kier molecular flexibility index (Phi) is 5.11. The van der Waals surface area contributed by atoms with Gasteiger partial charge in [-0.25, -0.2) is 0 Å². The minimum absolute atomic E-state index is 0.234. The Bertz CT molecular complexity index is 1040. The number of carbonyl (C=O) groups is 1. The number of amides is 1. The van der Waals surface area contributed by atoms with Crippen molar-refractivity contribution in [2.24, 2.45) is 0 Å². The second-order valence-corrected chi connectivity index (χ2v) is 6.16. The van der Waals surface area contributed by atoms with Crippen molar-refractivity contribution in [2.45, 2.75) is 6.61 Å². The number of ether oxygens (including phenoxy) is 1. The molecule has 2 N–H and O–H groups in total. The molecule has 2 aromatic carbocycles. The molecule has 2 heterocycles. The lowest BCUT2D eigenvalue weighted by atomic mass is 10.2. The summed E-state index contributed by atoms with van der Waals surface area (Å²) in [5, 5.41) is 9.83. The number of hydrogen-bond donors (Lipinski definition) is 2. The number of nitrogens with one attached hydrogen (secondary N) is 2. The number of anilines is 1. The minimum atomic E-state index is -0.234. The first-order valence-electron chi connectivity index (χ1n) is 8.82. The Hall–Kier alpha value is -3.93. The Morgan fingerprint density at radius 3 is 2.46 bits per heavy atom. The Morgan fingerprint density at radius 1 is 0.964 bits per heavy atom. The number of hydrogen-bond acceptors (Lipinski definition) is 4. The lowest BCUT2D eigenvalue weighted by molar-refractivity contribution is 0.102. The van der Waals surface area contributed by atoms with Gasteiger partial charge in [0, 0.05) is 29.6 Å². The Balaban J connectivity index is 1.37. The molecule has 0 bridgehead atoms. The highest BCUT2D eigenvalue weighted by Crippen LogP contribution is 2.20. The van der Waals surface area contributed by atoms with E-state index in [0.29, 0.717) is 23.7 Å². The summed E-state index contributed by atoms with van der Waals surface area (Å²) in [7, 11) is 0. The third-order valence-electron chi connectivity index (χ3n) is 4.18. The lowest BCUT2D eigenvalue weighted by Crippen LogP contribution is -2.12. The molecule has 0 spiro atoms. The van der Waals surface area contributed by atoms with Crippen LogP contribution in [0, 0.1) is 0 Å². The third-order valence-corrected chi connectivity index (χ3v) is 4.18. The van der Waals surface area contributed by atoms with Crippen LogP contribution >= 0.6 is 0 Å². The summed E-state index contributed by atoms with van der Waals surface area (Å²) in [5.74, 6) is 0.934. The molecule has 1 amide bonds. The average molecular weight is 370 g/mol. The van der Waals surface area contributed by atoms with Crippen LogP contribution < -0.4 is 10.1 Å². The van der Waals surface area contributed by atoms with Crippen molar-refractivity contribution >= 4 is 11.7 Å². The average Bonchev–Trinajstić information content (AvgIpc) is 3.22. The monoisotopic (exact) mass is 370 g/mol. The zero-order chi connectivity index (χ0) is 19.2. The highest BCUT2D eigenvalue weighted by molar-refractivity contribution is 6.04. The van der Waals surface area contributed by atoms with Crippen LogP contribution in [0.1, 0.15) is 15.9 Å². The quantitative estimate of drug-likeness (QED) is 0.530. The SMILES string of the molecule is O=C(Nc1cc(-c2ccncc2)[nH]n1)c1ccc(OCc2ccccc2)cc1. The second-order valence-electron chi connectivity index (χ2n) is 6.16. The molecule has 4 rings (SSSR count). The van der Waals surface area contributed by atoms with Gasteiger partial charge in [0.1, 0.15) is 12.4 Å². The van der Waals surface area contributed by atoms with Crippen LogP contribution in [0.3, 0.4) is 0 Å². The molecule has 0 saturated heterocycles. The molecule has 0 aliphatic carbocycles. The Labute approximate surface area is 162 Å².